The van der Waals surface area contributed by atoms with E-state index in [1.807, 2.05) is 0 Å². The summed E-state index contributed by atoms with van der Waals surface area (Å²) in [5.41, 5.74) is 9.04. The molecule has 2 rings (SSSR count). The molecule has 0 aromatic heterocycles. The first kappa shape index (κ1) is 8.30. The fraction of sp³-hybridized carbons (Fsp3) is 0.364. The Balaban J connectivity index is 2.11. The average molecular weight is 174 g/mol. The third-order valence-corrected chi connectivity index (χ3v) is 2.40. The molecule has 0 heterocycles. The molecule has 0 spiro atoms. The van der Waals surface area contributed by atoms with Crippen LogP contribution in [0.25, 0.3) is 0 Å². The molecule has 2 nitrogen and oxygen atoms in total. The normalized spacial score (nSPS) is 27.5. The lowest BCUT2D eigenvalue weighted by atomic mass is 10.2. The van der Waals surface area contributed by atoms with E-state index < -0.39 is 0 Å². The van der Waals surface area contributed by atoms with Crippen molar-refractivity contribution >= 4 is 5.71 Å². The van der Waals surface area contributed by atoms with Gasteiger partial charge in [0.05, 0.1) is 0 Å². The van der Waals surface area contributed by atoms with E-state index in [4.69, 9.17) is 5.73 Å². The molecule has 0 bridgehead atoms. The van der Waals surface area contributed by atoms with E-state index in [0.29, 0.717) is 0 Å². The summed E-state index contributed by atoms with van der Waals surface area (Å²) in [6, 6.07) is 0. The summed E-state index contributed by atoms with van der Waals surface area (Å²) in [7, 11) is 0. The van der Waals surface area contributed by atoms with Gasteiger partial charge in [-0.3, -0.25) is 4.99 Å². The van der Waals surface area contributed by atoms with Crippen LogP contribution in [0.1, 0.15) is 25.7 Å². The van der Waals surface area contributed by atoms with E-state index in [1.54, 1.807) is 6.20 Å². The van der Waals surface area contributed by atoms with Gasteiger partial charge < -0.3 is 5.73 Å². The molecule has 2 aliphatic carbocycles. The van der Waals surface area contributed by atoms with Gasteiger partial charge in [-0.15, -0.1) is 0 Å². The van der Waals surface area contributed by atoms with Gasteiger partial charge in [-0.2, -0.15) is 0 Å². The summed E-state index contributed by atoms with van der Waals surface area (Å²) in [6.45, 7) is 0. The number of hydrogen-bond donors (Lipinski definition) is 1. The number of hydrogen-bond acceptors (Lipinski definition) is 2. The van der Waals surface area contributed by atoms with Crippen molar-refractivity contribution < 1.29 is 0 Å². The van der Waals surface area contributed by atoms with Gasteiger partial charge in [0.1, 0.15) is 0 Å². The Hall–Kier alpha value is -1.31. The first-order chi connectivity index (χ1) is 6.38. The zero-order valence-corrected chi connectivity index (χ0v) is 7.66. The SMILES string of the molecule is N/C=C1/C=C(N=C2C=CCC2)CC1. The number of rotatable bonds is 1. The van der Waals surface area contributed by atoms with Gasteiger partial charge in [0, 0.05) is 11.4 Å². The second kappa shape index (κ2) is 3.60. The van der Waals surface area contributed by atoms with Crippen LogP contribution in [-0.4, -0.2) is 5.71 Å². The molecule has 2 heteroatoms. The van der Waals surface area contributed by atoms with Crippen LogP contribution in [0.4, 0.5) is 0 Å². The zero-order chi connectivity index (χ0) is 9.10. The van der Waals surface area contributed by atoms with E-state index in [-0.39, 0.29) is 0 Å². The highest BCUT2D eigenvalue weighted by Gasteiger charge is 2.09. The van der Waals surface area contributed by atoms with Gasteiger partial charge in [0.2, 0.25) is 0 Å². The van der Waals surface area contributed by atoms with Crippen molar-refractivity contribution in [3.63, 3.8) is 0 Å². The molecule has 0 saturated carbocycles. The largest absolute Gasteiger partial charge is 0.404 e. The van der Waals surface area contributed by atoms with Gasteiger partial charge in [0.25, 0.3) is 0 Å². The minimum absolute atomic E-state index is 1.04. The zero-order valence-electron chi connectivity index (χ0n) is 7.66. The molecule has 0 aliphatic heterocycles. The van der Waals surface area contributed by atoms with E-state index in [2.05, 4.69) is 23.2 Å². The molecule has 2 N–H and O–H groups in total. The van der Waals surface area contributed by atoms with Crippen molar-refractivity contribution in [3.05, 3.63) is 35.7 Å². The highest BCUT2D eigenvalue weighted by Crippen LogP contribution is 2.24. The van der Waals surface area contributed by atoms with Gasteiger partial charge in [-0.25, -0.2) is 0 Å². The van der Waals surface area contributed by atoms with E-state index in [1.165, 1.54) is 17.0 Å². The Bertz CT molecular complexity index is 319. The smallest absolute Gasteiger partial charge is 0.0413 e. The van der Waals surface area contributed by atoms with Crippen molar-refractivity contribution in [1.82, 2.24) is 0 Å². The Morgan fingerprint density at radius 1 is 1.31 bits per heavy atom. The lowest BCUT2D eigenvalue weighted by Gasteiger charge is -1.93. The molecule has 68 valence electrons. The van der Waals surface area contributed by atoms with Gasteiger partial charge in [0.15, 0.2) is 0 Å². The lowest BCUT2D eigenvalue weighted by molar-refractivity contribution is 0.986. The van der Waals surface area contributed by atoms with Crippen LogP contribution in [0.5, 0.6) is 0 Å². The highest BCUT2D eigenvalue weighted by molar-refractivity contribution is 5.97. The summed E-state index contributed by atoms with van der Waals surface area (Å²) in [4.78, 5) is 4.57. The summed E-state index contributed by atoms with van der Waals surface area (Å²) < 4.78 is 0. The summed E-state index contributed by atoms with van der Waals surface area (Å²) in [5.74, 6) is 0. The van der Waals surface area contributed by atoms with E-state index >= 15 is 0 Å². The second-order valence-corrected chi connectivity index (χ2v) is 3.42. The molecule has 0 radical (unpaired) electrons. The quantitative estimate of drug-likeness (QED) is 0.650. The molecule has 0 amide bonds. The molecule has 2 aliphatic rings. The monoisotopic (exact) mass is 174 g/mol. The molecular formula is C11H14N2. The number of aliphatic imine (C=N–C) groups is 1. The van der Waals surface area contributed by atoms with Crippen LogP contribution in [0.2, 0.25) is 0 Å². The maximum atomic E-state index is 5.44. The van der Waals surface area contributed by atoms with Crippen LogP contribution in [0.3, 0.4) is 0 Å². The minimum atomic E-state index is 1.04. The maximum Gasteiger partial charge on any atom is 0.0413 e. The Labute approximate surface area is 78.5 Å². The first-order valence-corrected chi connectivity index (χ1v) is 4.74. The first-order valence-electron chi connectivity index (χ1n) is 4.74. The van der Waals surface area contributed by atoms with Crippen molar-refractivity contribution in [3.8, 4) is 0 Å². The third-order valence-electron chi connectivity index (χ3n) is 2.40. The average Bonchev–Trinajstić information content (AvgIpc) is 2.76. The van der Waals surface area contributed by atoms with Crippen molar-refractivity contribution in [2.24, 2.45) is 10.7 Å². The Morgan fingerprint density at radius 2 is 2.23 bits per heavy atom. The van der Waals surface area contributed by atoms with Crippen LogP contribution in [0, 0.1) is 0 Å². The van der Waals surface area contributed by atoms with Crippen molar-refractivity contribution in [2.75, 3.05) is 0 Å². The third kappa shape index (κ3) is 1.89. The molecular weight excluding hydrogens is 160 g/mol. The van der Waals surface area contributed by atoms with Crippen LogP contribution in [0.15, 0.2) is 40.7 Å². The fourth-order valence-corrected chi connectivity index (χ4v) is 1.66. The number of nitrogens with zero attached hydrogens (tertiary/aromatic N) is 1. The maximum absolute atomic E-state index is 5.44. The highest BCUT2D eigenvalue weighted by atomic mass is 14.8. The predicted molar refractivity (Wildman–Crippen MR) is 55.4 cm³/mol. The molecule has 0 fully saturated rings. The standard InChI is InChI=1S/C11H14N2/c12-8-9-5-6-11(7-9)13-10-3-1-2-4-10/h1,3,7-8H,2,4-6,12H2/b9-8+,13-10?. The van der Waals surface area contributed by atoms with Gasteiger partial charge >= 0.3 is 0 Å². The molecule has 0 aromatic rings. The molecule has 0 aromatic carbocycles. The van der Waals surface area contributed by atoms with Crippen LogP contribution < -0.4 is 5.73 Å². The summed E-state index contributed by atoms with van der Waals surface area (Å²) >= 11 is 0. The minimum Gasteiger partial charge on any atom is -0.404 e. The predicted octanol–water partition coefficient (Wildman–Crippen LogP) is 2.30. The number of allylic oxidation sites excluding steroid dienone is 5. The second-order valence-electron chi connectivity index (χ2n) is 3.42. The van der Waals surface area contributed by atoms with Crippen LogP contribution >= 0.6 is 0 Å². The molecule has 0 atom stereocenters. The van der Waals surface area contributed by atoms with E-state index in [0.717, 1.165) is 25.7 Å². The molecule has 13 heavy (non-hydrogen) atoms. The van der Waals surface area contributed by atoms with Gasteiger partial charge in [-0.05, 0) is 49.6 Å². The van der Waals surface area contributed by atoms with Crippen molar-refractivity contribution in [2.45, 2.75) is 25.7 Å². The Kier molecular flexibility index (Phi) is 2.30. The molecule has 0 unspecified atom stereocenters. The molecule has 0 saturated heterocycles. The number of nitrogens with two attached hydrogens (primary N) is 1. The fourth-order valence-electron chi connectivity index (χ4n) is 1.66. The topological polar surface area (TPSA) is 38.4 Å². The lowest BCUT2D eigenvalue weighted by Crippen LogP contribution is -1.87. The van der Waals surface area contributed by atoms with E-state index in [9.17, 15) is 0 Å². The summed E-state index contributed by atoms with van der Waals surface area (Å²) in [5, 5.41) is 0. The van der Waals surface area contributed by atoms with Crippen LogP contribution in [-0.2, 0) is 0 Å². The summed E-state index contributed by atoms with van der Waals surface area (Å²) in [6.07, 6.45) is 12.4. The van der Waals surface area contributed by atoms with Crippen molar-refractivity contribution in [1.29, 1.82) is 0 Å². The van der Waals surface area contributed by atoms with Gasteiger partial charge in [-0.1, -0.05) is 6.08 Å². The Morgan fingerprint density at radius 3 is 2.85 bits per heavy atom.